The normalized spacial score (nSPS) is 11.0. The number of rotatable bonds is 3. The topological polar surface area (TPSA) is 42.0 Å². The first kappa shape index (κ1) is 13.9. The van der Waals surface area contributed by atoms with Gasteiger partial charge in [-0.1, -0.05) is 48.5 Å². The van der Waals surface area contributed by atoms with Crippen LogP contribution in [0.5, 0.6) is 0 Å². The molecule has 0 fully saturated rings. The Morgan fingerprint density at radius 2 is 1.74 bits per heavy atom. The van der Waals surface area contributed by atoms with Crippen molar-refractivity contribution in [2.24, 2.45) is 0 Å². The van der Waals surface area contributed by atoms with E-state index in [4.69, 9.17) is 0 Å². The Hall–Kier alpha value is -2.72. The van der Waals surface area contributed by atoms with Crippen molar-refractivity contribution in [1.82, 2.24) is 10.3 Å². The zero-order valence-corrected chi connectivity index (χ0v) is 13.1. The van der Waals surface area contributed by atoms with Crippen LogP contribution < -0.4 is 5.32 Å². The molecule has 0 saturated carbocycles. The fraction of sp³-hybridized carbons (Fsp3) is 0.0526. The Bertz CT molecular complexity index is 968. The molecule has 112 valence electrons. The van der Waals surface area contributed by atoms with Crippen molar-refractivity contribution < 1.29 is 4.79 Å². The highest BCUT2D eigenvalue weighted by Crippen LogP contribution is 2.22. The van der Waals surface area contributed by atoms with Gasteiger partial charge in [0.25, 0.3) is 5.91 Å². The zero-order chi connectivity index (χ0) is 15.6. The number of nitrogens with zero attached hydrogens (tertiary/aromatic N) is 1. The molecule has 0 radical (unpaired) electrons. The molecular weight excluding hydrogens is 304 g/mol. The molecule has 0 aliphatic carbocycles. The highest BCUT2D eigenvalue weighted by atomic mass is 32.1. The summed E-state index contributed by atoms with van der Waals surface area (Å²) in [7, 11) is 0. The number of amides is 1. The van der Waals surface area contributed by atoms with Gasteiger partial charge in [-0.05, 0) is 29.0 Å². The summed E-state index contributed by atoms with van der Waals surface area (Å²) < 4.78 is 1.14. The maximum atomic E-state index is 12.5. The lowest BCUT2D eigenvalue weighted by Gasteiger charge is -2.06. The lowest BCUT2D eigenvalue weighted by molar-refractivity contribution is 0.0952. The number of aromatic nitrogens is 1. The maximum Gasteiger partial charge on any atom is 0.252 e. The van der Waals surface area contributed by atoms with Crippen molar-refractivity contribution in [2.45, 2.75) is 6.54 Å². The van der Waals surface area contributed by atoms with E-state index in [-0.39, 0.29) is 5.91 Å². The van der Waals surface area contributed by atoms with Crippen molar-refractivity contribution in [3.8, 4) is 0 Å². The molecule has 3 nitrogen and oxygen atoms in total. The van der Waals surface area contributed by atoms with Crippen molar-refractivity contribution in [2.75, 3.05) is 0 Å². The van der Waals surface area contributed by atoms with E-state index in [1.54, 1.807) is 11.3 Å². The number of benzene rings is 3. The lowest BCUT2D eigenvalue weighted by atomic mass is 10.0. The van der Waals surface area contributed by atoms with Crippen LogP contribution in [0.25, 0.3) is 21.0 Å². The van der Waals surface area contributed by atoms with Crippen LogP contribution in [-0.2, 0) is 6.54 Å². The number of hydrogen-bond acceptors (Lipinski definition) is 3. The molecule has 3 aromatic carbocycles. The fourth-order valence-electron chi connectivity index (χ4n) is 2.67. The van der Waals surface area contributed by atoms with Crippen LogP contribution in [-0.4, -0.2) is 10.9 Å². The summed E-state index contributed by atoms with van der Waals surface area (Å²) in [6, 6.07) is 21.7. The van der Waals surface area contributed by atoms with E-state index in [1.807, 2.05) is 66.7 Å². The van der Waals surface area contributed by atoms with Gasteiger partial charge < -0.3 is 5.32 Å². The summed E-state index contributed by atoms with van der Waals surface area (Å²) in [6.45, 7) is 0.446. The Labute approximate surface area is 137 Å². The van der Waals surface area contributed by atoms with Gasteiger partial charge in [0.15, 0.2) is 0 Å². The molecule has 0 aliphatic rings. The van der Waals surface area contributed by atoms with E-state index in [9.17, 15) is 4.79 Å². The Morgan fingerprint density at radius 3 is 2.65 bits per heavy atom. The van der Waals surface area contributed by atoms with E-state index in [0.717, 1.165) is 26.0 Å². The number of fused-ring (bicyclic) bond motifs is 2. The summed E-state index contributed by atoms with van der Waals surface area (Å²) in [5.41, 5.74) is 1.68. The smallest absolute Gasteiger partial charge is 0.252 e. The average molecular weight is 318 g/mol. The quantitative estimate of drug-likeness (QED) is 0.609. The van der Waals surface area contributed by atoms with Gasteiger partial charge in [0, 0.05) is 5.56 Å². The average Bonchev–Trinajstić information content (AvgIpc) is 3.02. The minimum Gasteiger partial charge on any atom is -0.346 e. The second-order valence-electron chi connectivity index (χ2n) is 5.28. The lowest BCUT2D eigenvalue weighted by Crippen LogP contribution is -2.22. The van der Waals surface area contributed by atoms with Crippen molar-refractivity contribution in [3.05, 3.63) is 77.3 Å². The first-order valence-electron chi connectivity index (χ1n) is 7.42. The van der Waals surface area contributed by atoms with Gasteiger partial charge in [-0.15, -0.1) is 11.3 Å². The number of carbonyl (C=O) groups is 1. The number of thiazole rings is 1. The largest absolute Gasteiger partial charge is 0.346 e. The predicted molar refractivity (Wildman–Crippen MR) is 94.7 cm³/mol. The molecule has 0 bridgehead atoms. The van der Waals surface area contributed by atoms with Crippen molar-refractivity contribution in [1.29, 1.82) is 0 Å². The van der Waals surface area contributed by atoms with Gasteiger partial charge in [0.1, 0.15) is 5.01 Å². The van der Waals surface area contributed by atoms with Gasteiger partial charge in [-0.25, -0.2) is 4.98 Å². The van der Waals surface area contributed by atoms with Gasteiger partial charge in [-0.2, -0.15) is 0 Å². The van der Waals surface area contributed by atoms with Crippen LogP contribution >= 0.6 is 11.3 Å². The molecular formula is C19H14N2OS. The number of para-hydroxylation sites is 1. The van der Waals surface area contributed by atoms with Crippen LogP contribution in [0.1, 0.15) is 15.4 Å². The number of carbonyl (C=O) groups excluding carboxylic acids is 1. The Morgan fingerprint density at radius 1 is 0.957 bits per heavy atom. The SMILES string of the molecule is O=C(NCc1nc2ccccc2s1)c1cccc2ccccc12. The van der Waals surface area contributed by atoms with E-state index >= 15 is 0 Å². The summed E-state index contributed by atoms with van der Waals surface area (Å²) in [5, 5.41) is 5.93. The molecule has 0 spiro atoms. The van der Waals surface area contributed by atoms with E-state index in [1.165, 1.54) is 0 Å². The molecule has 1 N–H and O–H groups in total. The zero-order valence-electron chi connectivity index (χ0n) is 12.3. The van der Waals surface area contributed by atoms with Gasteiger partial charge in [0.05, 0.1) is 16.8 Å². The highest BCUT2D eigenvalue weighted by Gasteiger charge is 2.10. The van der Waals surface area contributed by atoms with Crippen LogP contribution in [0.4, 0.5) is 0 Å². The van der Waals surface area contributed by atoms with Crippen LogP contribution in [0.3, 0.4) is 0 Å². The summed E-state index contributed by atoms with van der Waals surface area (Å²) in [5.74, 6) is -0.0685. The predicted octanol–water partition coefficient (Wildman–Crippen LogP) is 4.38. The summed E-state index contributed by atoms with van der Waals surface area (Å²) in [6.07, 6.45) is 0. The van der Waals surface area contributed by atoms with Crippen molar-refractivity contribution in [3.63, 3.8) is 0 Å². The molecule has 0 aliphatic heterocycles. The second-order valence-corrected chi connectivity index (χ2v) is 6.40. The minimum atomic E-state index is -0.0685. The molecule has 1 heterocycles. The van der Waals surface area contributed by atoms with Gasteiger partial charge in [-0.3, -0.25) is 4.79 Å². The number of hydrogen-bond donors (Lipinski definition) is 1. The molecule has 0 atom stereocenters. The molecule has 4 aromatic rings. The first-order chi connectivity index (χ1) is 11.3. The minimum absolute atomic E-state index is 0.0685. The van der Waals surface area contributed by atoms with Crippen LogP contribution in [0.15, 0.2) is 66.7 Å². The molecule has 23 heavy (non-hydrogen) atoms. The molecule has 1 amide bonds. The third kappa shape index (κ3) is 2.69. The van der Waals surface area contributed by atoms with Crippen LogP contribution in [0.2, 0.25) is 0 Å². The Kier molecular flexibility index (Phi) is 3.52. The summed E-state index contributed by atoms with van der Waals surface area (Å²) in [4.78, 5) is 17.1. The van der Waals surface area contributed by atoms with Crippen molar-refractivity contribution >= 4 is 38.2 Å². The Balaban J connectivity index is 1.57. The highest BCUT2D eigenvalue weighted by molar-refractivity contribution is 7.18. The third-order valence-electron chi connectivity index (χ3n) is 3.77. The second kappa shape index (κ2) is 5.82. The van der Waals surface area contributed by atoms with E-state index in [0.29, 0.717) is 12.1 Å². The standard InChI is InChI=1S/C19H14N2OS/c22-19(15-9-5-7-13-6-1-2-8-14(13)15)20-12-18-21-16-10-3-4-11-17(16)23-18/h1-11H,12H2,(H,20,22). The van der Waals surface area contributed by atoms with E-state index < -0.39 is 0 Å². The van der Waals surface area contributed by atoms with E-state index in [2.05, 4.69) is 10.3 Å². The molecule has 0 saturated heterocycles. The third-order valence-corrected chi connectivity index (χ3v) is 4.81. The van der Waals surface area contributed by atoms with Crippen LogP contribution in [0, 0.1) is 0 Å². The van der Waals surface area contributed by atoms with Gasteiger partial charge in [0.2, 0.25) is 0 Å². The number of nitrogens with one attached hydrogen (secondary N) is 1. The fourth-order valence-corrected chi connectivity index (χ4v) is 3.58. The maximum absolute atomic E-state index is 12.5. The molecule has 4 heteroatoms. The van der Waals surface area contributed by atoms with Gasteiger partial charge >= 0.3 is 0 Å². The molecule has 4 rings (SSSR count). The molecule has 0 unspecified atom stereocenters. The monoisotopic (exact) mass is 318 g/mol. The summed E-state index contributed by atoms with van der Waals surface area (Å²) >= 11 is 1.61. The molecule has 1 aromatic heterocycles. The first-order valence-corrected chi connectivity index (χ1v) is 8.23.